The van der Waals surface area contributed by atoms with Crippen LogP contribution in [0.3, 0.4) is 0 Å². The molecular weight excluding hydrogens is 346 g/mol. The van der Waals surface area contributed by atoms with Gasteiger partial charge in [0.15, 0.2) is 11.2 Å². The van der Waals surface area contributed by atoms with Crippen molar-refractivity contribution in [3.8, 4) is 11.1 Å². The van der Waals surface area contributed by atoms with Crippen LogP contribution in [0.5, 0.6) is 0 Å². The van der Waals surface area contributed by atoms with Crippen molar-refractivity contribution in [2.45, 2.75) is 26.3 Å². The van der Waals surface area contributed by atoms with Crippen molar-refractivity contribution in [3.05, 3.63) is 58.6 Å². The SMILES string of the molecule is CCc1nn2c(nnc3c(=O)n([C@H](C)C(=O)O)ccc32)c1-c1ccccc1. The van der Waals surface area contributed by atoms with E-state index in [4.69, 9.17) is 0 Å². The molecule has 0 saturated heterocycles. The Kier molecular flexibility index (Phi) is 3.95. The van der Waals surface area contributed by atoms with Crippen molar-refractivity contribution in [2.24, 2.45) is 0 Å². The number of nitrogens with zero attached hydrogens (tertiary/aromatic N) is 5. The minimum Gasteiger partial charge on any atom is -0.480 e. The van der Waals surface area contributed by atoms with Crippen LogP contribution in [0.2, 0.25) is 0 Å². The molecule has 0 aliphatic heterocycles. The average Bonchev–Trinajstić information content (AvgIpc) is 3.07. The first-order valence-electron chi connectivity index (χ1n) is 8.60. The molecule has 1 N–H and O–H groups in total. The molecule has 1 atom stereocenters. The van der Waals surface area contributed by atoms with Crippen LogP contribution >= 0.6 is 0 Å². The van der Waals surface area contributed by atoms with Gasteiger partial charge in [-0.25, -0.2) is 9.31 Å². The number of benzene rings is 1. The number of hydrogen-bond acceptors (Lipinski definition) is 5. The molecule has 4 aromatic rings. The third-order valence-electron chi connectivity index (χ3n) is 4.65. The van der Waals surface area contributed by atoms with E-state index < -0.39 is 17.6 Å². The maximum Gasteiger partial charge on any atom is 0.326 e. The molecular formula is C19H17N5O3. The van der Waals surface area contributed by atoms with Crippen LogP contribution in [-0.2, 0) is 11.2 Å². The van der Waals surface area contributed by atoms with Crippen molar-refractivity contribution in [2.75, 3.05) is 0 Å². The van der Waals surface area contributed by atoms with E-state index in [2.05, 4.69) is 15.3 Å². The number of carboxylic acid groups (broad SMARTS) is 1. The molecule has 0 unspecified atom stereocenters. The van der Waals surface area contributed by atoms with E-state index in [9.17, 15) is 14.7 Å². The van der Waals surface area contributed by atoms with Crippen LogP contribution < -0.4 is 5.56 Å². The summed E-state index contributed by atoms with van der Waals surface area (Å²) in [6.45, 7) is 3.45. The molecule has 0 spiro atoms. The monoisotopic (exact) mass is 363 g/mol. The van der Waals surface area contributed by atoms with E-state index >= 15 is 0 Å². The lowest BCUT2D eigenvalue weighted by molar-refractivity contribution is -0.140. The number of rotatable bonds is 4. The number of aromatic nitrogens is 5. The number of aliphatic carboxylic acids is 1. The predicted octanol–water partition coefficient (Wildman–Crippen LogP) is 2.31. The topological polar surface area (TPSA) is 102 Å². The summed E-state index contributed by atoms with van der Waals surface area (Å²) in [7, 11) is 0. The Morgan fingerprint density at radius 2 is 1.93 bits per heavy atom. The minimum absolute atomic E-state index is 0.0860. The molecule has 0 aliphatic carbocycles. The van der Waals surface area contributed by atoms with Gasteiger partial charge in [-0.1, -0.05) is 37.3 Å². The van der Waals surface area contributed by atoms with Gasteiger partial charge < -0.3 is 5.11 Å². The van der Waals surface area contributed by atoms with E-state index in [1.165, 1.54) is 13.1 Å². The van der Waals surface area contributed by atoms with Gasteiger partial charge >= 0.3 is 5.97 Å². The lowest BCUT2D eigenvalue weighted by Crippen LogP contribution is -2.28. The Hall–Kier alpha value is -3.55. The molecule has 0 bridgehead atoms. The lowest BCUT2D eigenvalue weighted by Gasteiger charge is -2.11. The van der Waals surface area contributed by atoms with Crippen LogP contribution in [0.1, 0.15) is 25.6 Å². The van der Waals surface area contributed by atoms with Crippen molar-refractivity contribution in [3.63, 3.8) is 0 Å². The maximum absolute atomic E-state index is 12.7. The first kappa shape index (κ1) is 16.9. The van der Waals surface area contributed by atoms with Gasteiger partial charge in [0, 0.05) is 6.20 Å². The molecule has 8 heteroatoms. The number of hydrogen-bond donors (Lipinski definition) is 1. The third-order valence-corrected chi connectivity index (χ3v) is 4.65. The second kappa shape index (κ2) is 6.31. The lowest BCUT2D eigenvalue weighted by atomic mass is 10.0. The first-order chi connectivity index (χ1) is 13.0. The summed E-state index contributed by atoms with van der Waals surface area (Å²) in [4.78, 5) is 23.9. The van der Waals surface area contributed by atoms with Crippen LogP contribution in [0, 0.1) is 0 Å². The molecule has 0 fully saturated rings. The third kappa shape index (κ3) is 2.57. The summed E-state index contributed by atoms with van der Waals surface area (Å²) in [5.74, 6) is -1.09. The van der Waals surface area contributed by atoms with Crippen molar-refractivity contribution in [1.29, 1.82) is 0 Å². The summed E-state index contributed by atoms with van der Waals surface area (Å²) >= 11 is 0. The van der Waals surface area contributed by atoms with Gasteiger partial charge in [0.1, 0.15) is 11.6 Å². The molecule has 0 amide bonds. The molecule has 8 nitrogen and oxygen atoms in total. The summed E-state index contributed by atoms with van der Waals surface area (Å²) in [5, 5.41) is 22.2. The van der Waals surface area contributed by atoms with E-state index in [-0.39, 0.29) is 5.52 Å². The largest absolute Gasteiger partial charge is 0.480 e. The van der Waals surface area contributed by atoms with Gasteiger partial charge in [0.05, 0.1) is 11.3 Å². The molecule has 4 rings (SSSR count). The number of aryl methyl sites for hydroxylation is 1. The molecule has 27 heavy (non-hydrogen) atoms. The summed E-state index contributed by atoms with van der Waals surface area (Å²) in [6, 6.07) is 10.4. The smallest absolute Gasteiger partial charge is 0.326 e. The van der Waals surface area contributed by atoms with E-state index in [0.717, 1.165) is 21.4 Å². The number of carbonyl (C=O) groups is 1. The first-order valence-corrected chi connectivity index (χ1v) is 8.60. The average molecular weight is 363 g/mol. The van der Waals surface area contributed by atoms with Gasteiger partial charge in [-0.15, -0.1) is 10.2 Å². The predicted molar refractivity (Wildman–Crippen MR) is 99.7 cm³/mol. The van der Waals surface area contributed by atoms with Gasteiger partial charge in [0.2, 0.25) is 0 Å². The Balaban J connectivity index is 2.03. The number of pyridine rings is 1. The second-order valence-corrected chi connectivity index (χ2v) is 6.25. The standard InChI is InChI=1S/C19H17N5O3/c1-3-13-15(12-7-5-4-6-8-12)17-21-20-16-14(24(17)22-13)9-10-23(18(16)25)11(2)19(26)27/h4-11H,3H2,1-2H3,(H,26,27)/t11-/m1/s1. The van der Waals surface area contributed by atoms with Crippen LogP contribution in [0.15, 0.2) is 47.4 Å². The molecule has 1 aromatic carbocycles. The van der Waals surface area contributed by atoms with E-state index in [1.807, 2.05) is 37.3 Å². The molecule has 3 heterocycles. The van der Waals surface area contributed by atoms with Gasteiger partial charge in [-0.3, -0.25) is 9.36 Å². The summed E-state index contributed by atoms with van der Waals surface area (Å²) < 4.78 is 2.74. The molecule has 0 aliphatic rings. The summed E-state index contributed by atoms with van der Waals surface area (Å²) in [6.07, 6.45) is 2.16. The van der Waals surface area contributed by atoms with Gasteiger partial charge in [0.25, 0.3) is 5.56 Å². The van der Waals surface area contributed by atoms with Crippen molar-refractivity contribution >= 4 is 22.6 Å². The quantitative estimate of drug-likeness (QED) is 0.597. The molecule has 136 valence electrons. The molecule has 0 saturated carbocycles. The fraction of sp³-hybridized carbons (Fsp3) is 0.211. The zero-order chi connectivity index (χ0) is 19.1. The fourth-order valence-electron chi connectivity index (χ4n) is 3.18. The molecule has 3 aromatic heterocycles. The Morgan fingerprint density at radius 1 is 1.19 bits per heavy atom. The number of fused-ring (bicyclic) bond motifs is 3. The van der Waals surface area contributed by atoms with E-state index in [0.29, 0.717) is 17.6 Å². The fourth-order valence-corrected chi connectivity index (χ4v) is 3.18. The highest BCUT2D eigenvalue weighted by atomic mass is 16.4. The highest BCUT2D eigenvalue weighted by Crippen LogP contribution is 2.28. The van der Waals surface area contributed by atoms with Gasteiger partial charge in [-0.2, -0.15) is 5.10 Å². The van der Waals surface area contributed by atoms with E-state index in [1.54, 1.807) is 10.6 Å². The maximum atomic E-state index is 12.7. The zero-order valence-corrected chi connectivity index (χ0v) is 14.8. The van der Waals surface area contributed by atoms with Gasteiger partial charge in [-0.05, 0) is 25.0 Å². The Morgan fingerprint density at radius 3 is 2.59 bits per heavy atom. The van der Waals surface area contributed by atoms with Crippen LogP contribution in [-0.4, -0.2) is 35.5 Å². The van der Waals surface area contributed by atoms with Crippen molar-refractivity contribution in [1.82, 2.24) is 24.4 Å². The Labute approximate surface area is 153 Å². The second-order valence-electron chi connectivity index (χ2n) is 6.25. The van der Waals surface area contributed by atoms with Crippen LogP contribution in [0.4, 0.5) is 0 Å². The van der Waals surface area contributed by atoms with Crippen LogP contribution in [0.25, 0.3) is 27.8 Å². The minimum atomic E-state index is -1.09. The zero-order valence-electron chi connectivity index (χ0n) is 14.8. The summed E-state index contributed by atoms with van der Waals surface area (Å²) in [5.41, 5.74) is 3.35. The van der Waals surface area contributed by atoms with Crippen molar-refractivity contribution < 1.29 is 9.90 Å². The Bertz CT molecular complexity index is 1230. The molecule has 0 radical (unpaired) electrons. The highest BCUT2D eigenvalue weighted by Gasteiger charge is 2.21. The number of carboxylic acids is 1. The highest BCUT2D eigenvalue weighted by molar-refractivity contribution is 5.84. The normalized spacial score (nSPS) is 12.5.